The van der Waals surface area contributed by atoms with Gasteiger partial charge in [0.25, 0.3) is 0 Å². The molecule has 3 rings (SSSR count). The van der Waals surface area contributed by atoms with E-state index in [2.05, 4.69) is 0 Å². The van der Waals surface area contributed by atoms with Gasteiger partial charge in [0, 0.05) is 5.92 Å². The molecule has 3 nitrogen and oxygen atoms in total. The summed E-state index contributed by atoms with van der Waals surface area (Å²) in [6.07, 6.45) is 1.02. The summed E-state index contributed by atoms with van der Waals surface area (Å²) < 4.78 is 5.12. The Morgan fingerprint density at radius 1 is 1.67 bits per heavy atom. The van der Waals surface area contributed by atoms with Gasteiger partial charge in [-0.2, -0.15) is 0 Å². The molecule has 3 aliphatic rings. The second-order valence-corrected chi connectivity index (χ2v) is 2.73. The van der Waals surface area contributed by atoms with E-state index in [0.717, 1.165) is 6.42 Å². The van der Waals surface area contributed by atoms with Gasteiger partial charge in [0.1, 0.15) is 0 Å². The van der Waals surface area contributed by atoms with Crippen LogP contribution in [0, 0.1) is 11.8 Å². The van der Waals surface area contributed by atoms with Gasteiger partial charge in [0.15, 0.2) is 0 Å². The molecule has 2 bridgehead atoms. The molecule has 3 fully saturated rings. The number of hydrogen-bond acceptors (Lipinski definition) is 2. The van der Waals surface area contributed by atoms with E-state index in [9.17, 15) is 4.79 Å². The van der Waals surface area contributed by atoms with E-state index in [1.54, 1.807) is 0 Å². The van der Waals surface area contributed by atoms with Crippen LogP contribution >= 0.6 is 0 Å². The van der Waals surface area contributed by atoms with E-state index >= 15 is 0 Å². The zero-order chi connectivity index (χ0) is 6.43. The van der Waals surface area contributed by atoms with Crippen LogP contribution in [0.5, 0.6) is 0 Å². The van der Waals surface area contributed by atoms with E-state index in [0.29, 0.717) is 12.5 Å². The highest BCUT2D eigenvalue weighted by Gasteiger charge is 2.52. The zero-order valence-corrected chi connectivity index (χ0v) is 4.91. The molecule has 3 atom stereocenters. The first-order chi connectivity index (χ1) is 4.29. The van der Waals surface area contributed by atoms with Gasteiger partial charge in [0.05, 0.1) is 18.6 Å². The summed E-state index contributed by atoms with van der Waals surface area (Å²) in [5, 5.41) is 8.53. The van der Waals surface area contributed by atoms with Crippen LogP contribution in [-0.4, -0.2) is 23.8 Å². The summed E-state index contributed by atoms with van der Waals surface area (Å²) in [6, 6.07) is 0. The molecular formula is C6H8O3. The Labute approximate surface area is 52.6 Å². The maximum atomic E-state index is 10.4. The Balaban J connectivity index is 2.10. The van der Waals surface area contributed by atoms with Crippen molar-refractivity contribution in [2.75, 3.05) is 6.61 Å². The average molecular weight is 128 g/mol. The molecule has 1 N–H and O–H groups in total. The highest BCUT2D eigenvalue weighted by molar-refractivity contribution is 5.72. The molecular weight excluding hydrogens is 120 g/mol. The molecule has 0 aromatic rings. The molecule has 1 aliphatic carbocycles. The summed E-state index contributed by atoms with van der Waals surface area (Å²) in [5.74, 6) is -0.536. The molecule has 9 heavy (non-hydrogen) atoms. The normalized spacial score (nSPS) is 46.4. The first-order valence-electron chi connectivity index (χ1n) is 3.13. The van der Waals surface area contributed by atoms with Crippen molar-refractivity contribution in [2.24, 2.45) is 11.8 Å². The van der Waals surface area contributed by atoms with E-state index in [4.69, 9.17) is 9.84 Å². The molecule has 0 aromatic carbocycles. The molecule has 0 aromatic heterocycles. The predicted octanol–water partition coefficient (Wildman–Crippen LogP) is 0.106. The Bertz CT molecular complexity index is 140. The van der Waals surface area contributed by atoms with Gasteiger partial charge in [-0.25, -0.2) is 0 Å². The van der Waals surface area contributed by atoms with Crippen molar-refractivity contribution in [2.45, 2.75) is 12.5 Å². The van der Waals surface area contributed by atoms with Crippen molar-refractivity contribution >= 4 is 5.97 Å². The molecule has 50 valence electrons. The summed E-state index contributed by atoms with van der Waals surface area (Å²) in [7, 11) is 0. The molecule has 3 heteroatoms. The second-order valence-electron chi connectivity index (χ2n) is 2.73. The molecule has 0 amide bonds. The van der Waals surface area contributed by atoms with Gasteiger partial charge in [-0.1, -0.05) is 0 Å². The third-order valence-corrected chi connectivity index (χ3v) is 2.25. The zero-order valence-electron chi connectivity index (χ0n) is 4.91. The van der Waals surface area contributed by atoms with Crippen molar-refractivity contribution in [3.05, 3.63) is 0 Å². The van der Waals surface area contributed by atoms with Gasteiger partial charge < -0.3 is 9.84 Å². The number of fused-ring (bicyclic) bond motifs is 1. The third kappa shape index (κ3) is 0.525. The van der Waals surface area contributed by atoms with Gasteiger partial charge >= 0.3 is 5.97 Å². The standard InChI is InChI=1S/C6H8O3/c7-6(8)5-3-1-4(5)9-2-3/h3-5H,1-2H2,(H,7,8). The van der Waals surface area contributed by atoms with Gasteiger partial charge in [0.2, 0.25) is 0 Å². The highest BCUT2D eigenvalue weighted by atomic mass is 16.5. The predicted molar refractivity (Wildman–Crippen MR) is 29.0 cm³/mol. The van der Waals surface area contributed by atoms with Crippen molar-refractivity contribution in [3.8, 4) is 0 Å². The topological polar surface area (TPSA) is 46.5 Å². The smallest absolute Gasteiger partial charge is 0.309 e. The first-order valence-corrected chi connectivity index (χ1v) is 3.13. The van der Waals surface area contributed by atoms with Crippen LogP contribution < -0.4 is 0 Å². The van der Waals surface area contributed by atoms with Crippen molar-refractivity contribution in [1.82, 2.24) is 0 Å². The fourth-order valence-electron chi connectivity index (χ4n) is 1.65. The van der Waals surface area contributed by atoms with Crippen LogP contribution in [0.4, 0.5) is 0 Å². The number of rotatable bonds is 1. The Morgan fingerprint density at radius 3 is 2.67 bits per heavy atom. The third-order valence-electron chi connectivity index (χ3n) is 2.25. The Hall–Kier alpha value is -0.570. The molecule has 2 heterocycles. The molecule has 2 saturated heterocycles. The van der Waals surface area contributed by atoms with Crippen molar-refractivity contribution in [3.63, 3.8) is 0 Å². The SMILES string of the molecule is O=C(O)C1C2COC1C2. The van der Waals surface area contributed by atoms with Gasteiger partial charge in [-0.05, 0) is 6.42 Å². The van der Waals surface area contributed by atoms with Crippen LogP contribution in [-0.2, 0) is 9.53 Å². The number of carboxylic acids is 1. The second kappa shape index (κ2) is 1.48. The average Bonchev–Trinajstić information content (AvgIpc) is 2.13. The molecule has 1 saturated carbocycles. The van der Waals surface area contributed by atoms with Gasteiger partial charge in [-0.3, -0.25) is 4.79 Å². The first kappa shape index (κ1) is 5.23. The number of hydrogen-bond donors (Lipinski definition) is 1. The molecule has 0 spiro atoms. The largest absolute Gasteiger partial charge is 0.481 e. The minimum atomic E-state index is -0.686. The van der Waals surface area contributed by atoms with E-state index in [-0.39, 0.29) is 12.0 Å². The van der Waals surface area contributed by atoms with Crippen LogP contribution in [0.2, 0.25) is 0 Å². The number of ether oxygens (including phenoxy) is 1. The highest BCUT2D eigenvalue weighted by Crippen LogP contribution is 2.44. The summed E-state index contributed by atoms with van der Waals surface area (Å²) in [6.45, 7) is 0.668. The lowest BCUT2D eigenvalue weighted by atomic mass is 9.74. The summed E-state index contributed by atoms with van der Waals surface area (Å²) in [5.41, 5.74) is 0. The summed E-state index contributed by atoms with van der Waals surface area (Å²) >= 11 is 0. The molecule has 3 unspecified atom stereocenters. The van der Waals surface area contributed by atoms with Crippen LogP contribution in [0.25, 0.3) is 0 Å². The maximum absolute atomic E-state index is 10.4. The van der Waals surface area contributed by atoms with Crippen molar-refractivity contribution < 1.29 is 14.6 Å². The quantitative estimate of drug-likeness (QED) is 0.545. The van der Waals surface area contributed by atoms with E-state index in [1.165, 1.54) is 0 Å². The lowest BCUT2D eigenvalue weighted by molar-refractivity contribution is -0.148. The molecule has 2 aliphatic heterocycles. The summed E-state index contributed by atoms with van der Waals surface area (Å²) in [4.78, 5) is 10.4. The monoisotopic (exact) mass is 128 g/mol. The Kier molecular flexibility index (Phi) is 0.858. The minimum Gasteiger partial charge on any atom is -0.481 e. The van der Waals surface area contributed by atoms with Crippen molar-refractivity contribution in [1.29, 1.82) is 0 Å². The van der Waals surface area contributed by atoms with Gasteiger partial charge in [-0.15, -0.1) is 0 Å². The maximum Gasteiger partial charge on any atom is 0.309 e. The van der Waals surface area contributed by atoms with Crippen LogP contribution in [0.15, 0.2) is 0 Å². The van der Waals surface area contributed by atoms with Crippen LogP contribution in [0.3, 0.4) is 0 Å². The minimum absolute atomic E-state index is 0.0486. The fourth-order valence-corrected chi connectivity index (χ4v) is 1.65. The number of aliphatic carboxylic acids is 1. The van der Waals surface area contributed by atoms with Crippen LogP contribution in [0.1, 0.15) is 6.42 Å². The number of carbonyl (C=O) groups is 1. The fraction of sp³-hybridized carbons (Fsp3) is 0.833. The molecule has 0 radical (unpaired) electrons. The lowest BCUT2D eigenvalue weighted by Gasteiger charge is -2.28. The number of carboxylic acid groups (broad SMARTS) is 1. The van der Waals surface area contributed by atoms with E-state index < -0.39 is 5.97 Å². The lowest BCUT2D eigenvalue weighted by Crippen LogP contribution is -2.39. The Morgan fingerprint density at radius 2 is 2.44 bits per heavy atom. The van der Waals surface area contributed by atoms with E-state index in [1.807, 2.05) is 0 Å².